The van der Waals surface area contributed by atoms with Gasteiger partial charge in [-0.15, -0.1) is 0 Å². The van der Waals surface area contributed by atoms with Gasteiger partial charge in [0.25, 0.3) is 11.8 Å². The van der Waals surface area contributed by atoms with Gasteiger partial charge in [0.15, 0.2) is 5.76 Å². The van der Waals surface area contributed by atoms with E-state index >= 15 is 0 Å². The molecule has 2 aliphatic rings. The van der Waals surface area contributed by atoms with Gasteiger partial charge in [-0.3, -0.25) is 9.59 Å². The number of hydrogen-bond donors (Lipinski definition) is 3. The molecule has 4 rings (SSSR count). The third-order valence-electron chi connectivity index (χ3n) is 4.81. The number of carbonyl (C=O) groups excluding carboxylic acids is 2. The van der Waals surface area contributed by atoms with E-state index in [0.29, 0.717) is 21.0 Å². The number of hydrogen-bond acceptors (Lipinski definition) is 5. The highest BCUT2D eigenvalue weighted by Crippen LogP contribution is 2.41. The number of carbonyl (C=O) groups is 2. The first-order valence-corrected chi connectivity index (χ1v) is 8.53. The van der Waals surface area contributed by atoms with Crippen LogP contribution in [0.2, 0.25) is 0 Å². The third-order valence-corrected chi connectivity index (χ3v) is 5.63. The molecule has 0 saturated carbocycles. The highest BCUT2D eigenvalue weighted by molar-refractivity contribution is 9.10. The summed E-state index contributed by atoms with van der Waals surface area (Å²) in [5.74, 6) is -0.712. The third kappa shape index (κ3) is 2.29. The van der Waals surface area contributed by atoms with Crippen molar-refractivity contribution in [1.29, 1.82) is 0 Å². The first-order valence-electron chi connectivity index (χ1n) is 7.74. The van der Waals surface area contributed by atoms with Gasteiger partial charge in [0.2, 0.25) is 0 Å². The van der Waals surface area contributed by atoms with E-state index < -0.39 is 11.6 Å². The Bertz CT molecular complexity index is 868. The molecule has 0 bridgehead atoms. The van der Waals surface area contributed by atoms with Crippen LogP contribution in [0.5, 0.6) is 0 Å². The Kier molecular flexibility index (Phi) is 3.36. The van der Waals surface area contributed by atoms with Crippen LogP contribution in [0.4, 0.5) is 5.69 Å². The van der Waals surface area contributed by atoms with Crippen molar-refractivity contribution < 1.29 is 14.0 Å². The number of primary amides is 1. The van der Waals surface area contributed by atoms with Crippen LogP contribution < -0.4 is 16.4 Å². The van der Waals surface area contributed by atoms with Crippen LogP contribution in [0.3, 0.4) is 0 Å². The van der Waals surface area contributed by atoms with Crippen molar-refractivity contribution >= 4 is 44.4 Å². The van der Waals surface area contributed by atoms with Crippen molar-refractivity contribution in [1.82, 2.24) is 10.2 Å². The molecular weight excluding hydrogens is 376 g/mol. The van der Waals surface area contributed by atoms with E-state index in [1.807, 2.05) is 0 Å². The molecule has 8 heteroatoms. The van der Waals surface area contributed by atoms with E-state index in [-0.39, 0.29) is 11.7 Å². The number of anilines is 1. The van der Waals surface area contributed by atoms with Crippen LogP contribution in [0.25, 0.3) is 11.0 Å². The maximum Gasteiger partial charge on any atom is 0.284 e. The molecule has 126 valence electrons. The van der Waals surface area contributed by atoms with Crippen LogP contribution >= 0.6 is 15.9 Å². The van der Waals surface area contributed by atoms with Crippen molar-refractivity contribution in [3.63, 3.8) is 0 Å². The number of rotatable bonds is 1. The molecular formula is C16H17BrN4O3. The highest BCUT2D eigenvalue weighted by Gasteiger charge is 2.40. The van der Waals surface area contributed by atoms with Crippen molar-refractivity contribution in [3.05, 3.63) is 27.9 Å². The molecule has 2 aliphatic heterocycles. The second-order valence-corrected chi connectivity index (χ2v) is 7.26. The van der Waals surface area contributed by atoms with Gasteiger partial charge in [-0.25, -0.2) is 0 Å². The number of piperidine rings is 1. The summed E-state index contributed by atoms with van der Waals surface area (Å²) in [5, 5.41) is 7.31. The van der Waals surface area contributed by atoms with Gasteiger partial charge in [0, 0.05) is 31.3 Å². The molecule has 1 spiro atoms. The molecule has 0 unspecified atom stereocenters. The normalized spacial score (nSPS) is 19.8. The molecule has 24 heavy (non-hydrogen) atoms. The van der Waals surface area contributed by atoms with Gasteiger partial charge in [-0.05, 0) is 35.1 Å². The van der Waals surface area contributed by atoms with Crippen LogP contribution in [0.15, 0.2) is 21.0 Å². The molecule has 0 radical (unpaired) electrons. The van der Waals surface area contributed by atoms with Gasteiger partial charge >= 0.3 is 0 Å². The molecule has 7 nitrogen and oxygen atoms in total. The second-order valence-electron chi connectivity index (χ2n) is 6.46. The Labute approximate surface area is 146 Å². The minimum absolute atomic E-state index is 0.0717. The fraction of sp³-hybridized carbons (Fsp3) is 0.375. The summed E-state index contributed by atoms with van der Waals surface area (Å²) < 4.78 is 6.16. The van der Waals surface area contributed by atoms with Gasteiger partial charge in [-0.2, -0.15) is 0 Å². The minimum Gasteiger partial charge on any atom is -0.451 e. The standard InChI is InChI=1S/C16H17BrN4O3/c1-21-4-2-16(3-5-21)19-13-9(15(23)20-16)7-10-8(12(13)17)6-11(24-10)14(18)22/h6-7,19H,2-5H2,1H3,(H2,18,22)(H,20,23). The lowest BCUT2D eigenvalue weighted by Gasteiger charge is -2.45. The molecule has 0 atom stereocenters. The summed E-state index contributed by atoms with van der Waals surface area (Å²) in [5.41, 5.74) is 6.51. The minimum atomic E-state index is -0.639. The fourth-order valence-electron chi connectivity index (χ4n) is 3.37. The average molecular weight is 393 g/mol. The molecule has 0 aliphatic carbocycles. The summed E-state index contributed by atoms with van der Waals surface area (Å²) in [7, 11) is 2.07. The van der Waals surface area contributed by atoms with Gasteiger partial charge in [0.05, 0.1) is 15.7 Å². The number of nitrogens with zero attached hydrogens (tertiary/aromatic N) is 1. The Hall–Kier alpha value is -2.06. The molecule has 1 fully saturated rings. The zero-order valence-corrected chi connectivity index (χ0v) is 14.7. The van der Waals surface area contributed by atoms with E-state index in [1.54, 1.807) is 12.1 Å². The van der Waals surface area contributed by atoms with Gasteiger partial charge < -0.3 is 25.7 Å². The maximum atomic E-state index is 12.7. The molecule has 2 amide bonds. The van der Waals surface area contributed by atoms with Crippen LogP contribution in [0, 0.1) is 0 Å². The van der Waals surface area contributed by atoms with E-state index in [9.17, 15) is 9.59 Å². The first kappa shape index (κ1) is 15.5. The summed E-state index contributed by atoms with van der Waals surface area (Å²) in [6.07, 6.45) is 1.63. The van der Waals surface area contributed by atoms with Crippen LogP contribution in [0.1, 0.15) is 33.8 Å². The summed E-state index contributed by atoms with van der Waals surface area (Å²) in [6.45, 7) is 1.81. The fourth-order valence-corrected chi connectivity index (χ4v) is 3.99. The lowest BCUT2D eigenvalue weighted by atomic mass is 9.92. The van der Waals surface area contributed by atoms with Gasteiger partial charge in [0.1, 0.15) is 11.2 Å². The number of nitrogens with two attached hydrogens (primary N) is 1. The van der Waals surface area contributed by atoms with E-state index in [0.717, 1.165) is 31.6 Å². The summed E-state index contributed by atoms with van der Waals surface area (Å²) in [4.78, 5) is 26.3. The molecule has 1 aromatic heterocycles. The zero-order valence-electron chi connectivity index (χ0n) is 13.1. The molecule has 3 heterocycles. The van der Waals surface area contributed by atoms with Crippen molar-refractivity contribution in [2.75, 3.05) is 25.5 Å². The Balaban J connectivity index is 1.82. The SMILES string of the molecule is CN1CCC2(CC1)NC(=O)c1cc3oc(C(N)=O)cc3c(Br)c1N2. The average Bonchev–Trinajstić information content (AvgIpc) is 2.97. The Morgan fingerprint density at radius 3 is 2.71 bits per heavy atom. The predicted molar refractivity (Wildman–Crippen MR) is 93.0 cm³/mol. The molecule has 1 aromatic carbocycles. The lowest BCUT2D eigenvalue weighted by molar-refractivity contribution is 0.0845. The quantitative estimate of drug-likeness (QED) is 0.687. The largest absolute Gasteiger partial charge is 0.451 e. The summed E-state index contributed by atoms with van der Waals surface area (Å²) >= 11 is 3.55. The molecule has 4 N–H and O–H groups in total. The van der Waals surface area contributed by atoms with E-state index in [1.165, 1.54) is 0 Å². The first-order chi connectivity index (χ1) is 11.4. The number of amides is 2. The molecule has 1 saturated heterocycles. The lowest BCUT2D eigenvalue weighted by Crippen LogP contribution is -2.62. The van der Waals surface area contributed by atoms with Crippen molar-refractivity contribution in [2.24, 2.45) is 5.73 Å². The summed E-state index contributed by atoms with van der Waals surface area (Å²) in [6, 6.07) is 3.24. The number of likely N-dealkylation sites (tertiary alicyclic amines) is 1. The zero-order chi connectivity index (χ0) is 17.1. The highest BCUT2D eigenvalue weighted by atomic mass is 79.9. The maximum absolute atomic E-state index is 12.7. The topological polar surface area (TPSA) is 101 Å². The molecule has 2 aromatic rings. The number of fused-ring (bicyclic) bond motifs is 2. The predicted octanol–water partition coefficient (Wildman–Crippen LogP) is 1.87. The Morgan fingerprint density at radius 1 is 1.33 bits per heavy atom. The van der Waals surface area contributed by atoms with Crippen LogP contribution in [-0.2, 0) is 0 Å². The second kappa shape index (κ2) is 5.22. The number of benzene rings is 1. The number of furan rings is 1. The van der Waals surface area contributed by atoms with Crippen molar-refractivity contribution in [3.8, 4) is 0 Å². The van der Waals surface area contributed by atoms with Crippen molar-refractivity contribution in [2.45, 2.75) is 18.5 Å². The monoisotopic (exact) mass is 392 g/mol. The van der Waals surface area contributed by atoms with E-state index in [4.69, 9.17) is 10.2 Å². The van der Waals surface area contributed by atoms with E-state index in [2.05, 4.69) is 38.5 Å². The Morgan fingerprint density at radius 2 is 2.04 bits per heavy atom. The number of halogens is 1. The smallest absolute Gasteiger partial charge is 0.284 e. The number of nitrogens with one attached hydrogen (secondary N) is 2. The van der Waals surface area contributed by atoms with Gasteiger partial charge in [-0.1, -0.05) is 0 Å². The van der Waals surface area contributed by atoms with Crippen LogP contribution in [-0.4, -0.2) is 42.5 Å².